The van der Waals surface area contributed by atoms with E-state index < -0.39 is 0 Å². The molecular formula is C17H26BrClN2. The van der Waals surface area contributed by atoms with Gasteiger partial charge in [-0.1, -0.05) is 52.9 Å². The zero-order chi connectivity index (χ0) is 15.2. The lowest BCUT2D eigenvalue weighted by atomic mass is 9.94. The van der Waals surface area contributed by atoms with Crippen LogP contribution in [0.15, 0.2) is 22.7 Å². The molecule has 1 aliphatic carbocycles. The maximum absolute atomic E-state index is 6.38. The molecule has 0 aromatic heterocycles. The van der Waals surface area contributed by atoms with Gasteiger partial charge < -0.3 is 10.2 Å². The largest absolute Gasteiger partial charge is 0.313 e. The fraction of sp³-hybridized carbons (Fsp3) is 0.647. The quantitative estimate of drug-likeness (QED) is 0.753. The topological polar surface area (TPSA) is 15.3 Å². The monoisotopic (exact) mass is 372 g/mol. The van der Waals surface area contributed by atoms with Gasteiger partial charge in [-0.15, -0.1) is 0 Å². The average Bonchev–Trinajstić information content (AvgIpc) is 2.50. The smallest absolute Gasteiger partial charge is 0.0465 e. The Morgan fingerprint density at radius 3 is 2.67 bits per heavy atom. The van der Waals surface area contributed by atoms with E-state index in [-0.39, 0.29) is 0 Å². The van der Waals surface area contributed by atoms with E-state index >= 15 is 0 Å². The van der Waals surface area contributed by atoms with Gasteiger partial charge in [0.15, 0.2) is 0 Å². The molecule has 118 valence electrons. The first-order chi connectivity index (χ1) is 10.1. The second kappa shape index (κ2) is 8.52. The Kier molecular flexibility index (Phi) is 7.00. The number of hydrogen-bond donors (Lipinski definition) is 1. The van der Waals surface area contributed by atoms with E-state index in [0.29, 0.717) is 6.04 Å². The second-order valence-electron chi connectivity index (χ2n) is 6.07. The maximum Gasteiger partial charge on any atom is 0.0465 e. The zero-order valence-electron chi connectivity index (χ0n) is 13.0. The van der Waals surface area contributed by atoms with Gasteiger partial charge in [-0.05, 0) is 57.6 Å². The van der Waals surface area contributed by atoms with Crippen molar-refractivity contribution < 1.29 is 0 Å². The summed E-state index contributed by atoms with van der Waals surface area (Å²) in [5.41, 5.74) is 1.19. The lowest BCUT2D eigenvalue weighted by molar-refractivity contribution is 0.184. The number of nitrogens with zero attached hydrogens (tertiary/aromatic N) is 1. The van der Waals surface area contributed by atoms with E-state index in [9.17, 15) is 0 Å². The van der Waals surface area contributed by atoms with Gasteiger partial charge in [-0.25, -0.2) is 0 Å². The predicted octanol–water partition coefficient (Wildman–Crippen LogP) is 5.02. The standard InChI is InChI=1S/C17H26BrClN2/c1-20-17(15-9-8-13(18)12-16(15)19)10-11-21(2)14-6-4-3-5-7-14/h8-9,12,14,17,20H,3-7,10-11H2,1-2H3. The summed E-state index contributed by atoms with van der Waals surface area (Å²) in [6.07, 6.45) is 8.01. The van der Waals surface area contributed by atoms with Crippen molar-refractivity contribution in [2.45, 2.75) is 50.6 Å². The van der Waals surface area contributed by atoms with Crippen LogP contribution < -0.4 is 5.32 Å². The minimum absolute atomic E-state index is 0.316. The first-order valence-corrected chi connectivity index (χ1v) is 9.11. The highest BCUT2D eigenvalue weighted by Crippen LogP contribution is 2.29. The summed E-state index contributed by atoms with van der Waals surface area (Å²) in [5, 5.41) is 4.25. The molecule has 0 aliphatic heterocycles. The molecule has 1 aromatic rings. The van der Waals surface area contributed by atoms with E-state index in [0.717, 1.165) is 28.5 Å². The summed E-state index contributed by atoms with van der Waals surface area (Å²) in [5.74, 6) is 0. The van der Waals surface area contributed by atoms with Crippen LogP contribution in [0.3, 0.4) is 0 Å². The summed E-state index contributed by atoms with van der Waals surface area (Å²) in [7, 11) is 4.29. The summed E-state index contributed by atoms with van der Waals surface area (Å²) in [6, 6.07) is 7.25. The van der Waals surface area contributed by atoms with E-state index in [1.807, 2.05) is 13.1 Å². The normalized spacial score (nSPS) is 18.1. The summed E-state index contributed by atoms with van der Waals surface area (Å²) >= 11 is 9.85. The van der Waals surface area contributed by atoms with Crippen LogP contribution in [0.4, 0.5) is 0 Å². The lowest BCUT2D eigenvalue weighted by Crippen LogP contribution is -2.35. The van der Waals surface area contributed by atoms with Gasteiger partial charge in [0.25, 0.3) is 0 Å². The third-order valence-corrected chi connectivity index (χ3v) is 5.48. The first kappa shape index (κ1) is 17.3. The third-order valence-electron chi connectivity index (χ3n) is 4.65. The van der Waals surface area contributed by atoms with Crippen LogP contribution in [-0.4, -0.2) is 31.6 Å². The van der Waals surface area contributed by atoms with Gasteiger partial charge in [-0.2, -0.15) is 0 Å². The van der Waals surface area contributed by atoms with Crippen LogP contribution in [0, 0.1) is 0 Å². The molecule has 2 nitrogen and oxygen atoms in total. The van der Waals surface area contributed by atoms with Gasteiger partial charge in [-0.3, -0.25) is 0 Å². The van der Waals surface area contributed by atoms with Crippen molar-refractivity contribution in [3.05, 3.63) is 33.3 Å². The Hall–Kier alpha value is -0.0900. The molecule has 0 saturated heterocycles. The van der Waals surface area contributed by atoms with Crippen molar-refractivity contribution in [1.82, 2.24) is 10.2 Å². The fourth-order valence-corrected chi connectivity index (χ4v) is 4.08. The van der Waals surface area contributed by atoms with Crippen molar-refractivity contribution >= 4 is 27.5 Å². The lowest BCUT2D eigenvalue weighted by Gasteiger charge is -2.32. The van der Waals surface area contributed by atoms with Gasteiger partial charge in [0.2, 0.25) is 0 Å². The van der Waals surface area contributed by atoms with Crippen molar-refractivity contribution in [3.8, 4) is 0 Å². The molecule has 1 N–H and O–H groups in total. The molecule has 0 spiro atoms. The number of benzene rings is 1. The summed E-state index contributed by atoms with van der Waals surface area (Å²) in [6.45, 7) is 1.11. The zero-order valence-corrected chi connectivity index (χ0v) is 15.4. The second-order valence-corrected chi connectivity index (χ2v) is 7.39. The molecule has 0 radical (unpaired) electrons. The summed E-state index contributed by atoms with van der Waals surface area (Å²) < 4.78 is 1.03. The maximum atomic E-state index is 6.38. The molecule has 0 heterocycles. The number of nitrogens with one attached hydrogen (secondary N) is 1. The Bertz CT molecular complexity index is 446. The Morgan fingerprint density at radius 1 is 1.33 bits per heavy atom. The molecule has 0 bridgehead atoms. The van der Waals surface area contributed by atoms with E-state index in [1.165, 1.54) is 37.7 Å². The molecule has 4 heteroatoms. The summed E-state index contributed by atoms with van der Waals surface area (Å²) in [4.78, 5) is 2.54. The van der Waals surface area contributed by atoms with Crippen LogP contribution in [0.2, 0.25) is 5.02 Å². The van der Waals surface area contributed by atoms with E-state index in [4.69, 9.17) is 11.6 Å². The van der Waals surface area contributed by atoms with Crippen LogP contribution in [0.5, 0.6) is 0 Å². The number of halogens is 2. The molecule has 1 saturated carbocycles. The van der Waals surface area contributed by atoms with Crippen LogP contribution >= 0.6 is 27.5 Å². The average molecular weight is 374 g/mol. The molecule has 0 amide bonds. The highest BCUT2D eigenvalue weighted by Gasteiger charge is 2.20. The van der Waals surface area contributed by atoms with Crippen LogP contribution in [0.25, 0.3) is 0 Å². The minimum Gasteiger partial charge on any atom is -0.313 e. The Labute approximate surface area is 142 Å². The van der Waals surface area contributed by atoms with E-state index in [2.05, 4.69) is 45.3 Å². The van der Waals surface area contributed by atoms with Gasteiger partial charge in [0.1, 0.15) is 0 Å². The molecule has 1 unspecified atom stereocenters. The highest BCUT2D eigenvalue weighted by atomic mass is 79.9. The fourth-order valence-electron chi connectivity index (χ4n) is 3.28. The van der Waals surface area contributed by atoms with E-state index in [1.54, 1.807) is 0 Å². The van der Waals surface area contributed by atoms with Crippen LogP contribution in [0.1, 0.15) is 50.1 Å². The van der Waals surface area contributed by atoms with Crippen molar-refractivity contribution in [3.63, 3.8) is 0 Å². The minimum atomic E-state index is 0.316. The Morgan fingerprint density at radius 2 is 2.05 bits per heavy atom. The first-order valence-electron chi connectivity index (χ1n) is 7.94. The number of hydrogen-bond acceptors (Lipinski definition) is 2. The molecule has 2 rings (SSSR count). The van der Waals surface area contributed by atoms with Gasteiger partial charge >= 0.3 is 0 Å². The van der Waals surface area contributed by atoms with Crippen molar-refractivity contribution in [2.24, 2.45) is 0 Å². The molecule has 1 aliphatic rings. The van der Waals surface area contributed by atoms with Gasteiger partial charge in [0, 0.05) is 21.6 Å². The van der Waals surface area contributed by atoms with Crippen molar-refractivity contribution in [1.29, 1.82) is 0 Å². The molecular weight excluding hydrogens is 348 g/mol. The number of rotatable bonds is 6. The third kappa shape index (κ3) is 4.95. The molecule has 1 aromatic carbocycles. The SMILES string of the molecule is CNC(CCN(C)C1CCCCC1)c1ccc(Br)cc1Cl. The highest BCUT2D eigenvalue weighted by molar-refractivity contribution is 9.10. The van der Waals surface area contributed by atoms with Crippen molar-refractivity contribution in [2.75, 3.05) is 20.6 Å². The molecule has 1 atom stereocenters. The predicted molar refractivity (Wildman–Crippen MR) is 95.1 cm³/mol. The molecule has 21 heavy (non-hydrogen) atoms. The molecule has 1 fully saturated rings. The van der Waals surface area contributed by atoms with Gasteiger partial charge in [0.05, 0.1) is 0 Å². The Balaban J connectivity index is 1.92. The van der Waals surface area contributed by atoms with Crippen LogP contribution in [-0.2, 0) is 0 Å².